The fourth-order valence-corrected chi connectivity index (χ4v) is 3.84. The number of alkyl halides is 3. The van der Waals surface area contributed by atoms with E-state index in [4.69, 9.17) is 9.47 Å². The molecule has 1 N–H and O–H groups in total. The van der Waals surface area contributed by atoms with Crippen LogP contribution in [0, 0.1) is 0 Å². The topological polar surface area (TPSA) is 30.5 Å². The Morgan fingerprint density at radius 3 is 2.88 bits per heavy atom. The van der Waals surface area contributed by atoms with Crippen LogP contribution in [0.1, 0.15) is 36.0 Å². The molecule has 0 unspecified atom stereocenters. The second kappa shape index (κ2) is 6.20. The van der Waals surface area contributed by atoms with Crippen molar-refractivity contribution in [3.63, 3.8) is 0 Å². The van der Waals surface area contributed by atoms with Gasteiger partial charge in [-0.2, -0.15) is 13.2 Å². The van der Waals surface area contributed by atoms with Crippen molar-refractivity contribution < 1.29 is 22.6 Å². The lowest BCUT2D eigenvalue weighted by Crippen LogP contribution is -2.48. The standard InChI is InChI=1S/C20H20F3NO2/c1-19-12-26-18-10-15(5-6-16(18)17(19)7-8-24-19)25-11-13-3-2-4-14(9-13)20(21,22)23/h2-6,9-10,17,24H,7-8,11-12H2,1H3/t17-,19+/m0/s1. The molecule has 2 aliphatic heterocycles. The number of hydrogen-bond donors (Lipinski definition) is 1. The molecule has 6 heteroatoms. The highest BCUT2D eigenvalue weighted by molar-refractivity contribution is 5.46. The smallest absolute Gasteiger partial charge is 0.416 e. The summed E-state index contributed by atoms with van der Waals surface area (Å²) in [7, 11) is 0. The molecule has 0 amide bonds. The molecule has 2 heterocycles. The second-order valence-electron chi connectivity index (χ2n) is 7.16. The van der Waals surface area contributed by atoms with E-state index in [9.17, 15) is 13.2 Å². The van der Waals surface area contributed by atoms with Crippen LogP contribution >= 0.6 is 0 Å². The average molecular weight is 363 g/mol. The number of nitrogens with one attached hydrogen (secondary N) is 1. The summed E-state index contributed by atoms with van der Waals surface area (Å²) >= 11 is 0. The molecule has 0 saturated carbocycles. The van der Waals surface area contributed by atoms with Crippen molar-refractivity contribution in [3.05, 3.63) is 59.2 Å². The first kappa shape index (κ1) is 17.2. The van der Waals surface area contributed by atoms with Gasteiger partial charge in [0, 0.05) is 12.0 Å². The lowest BCUT2D eigenvalue weighted by atomic mass is 9.80. The van der Waals surface area contributed by atoms with Gasteiger partial charge in [-0.25, -0.2) is 0 Å². The Balaban J connectivity index is 1.49. The molecular weight excluding hydrogens is 343 g/mol. The molecule has 138 valence electrons. The first-order valence-electron chi connectivity index (χ1n) is 8.66. The van der Waals surface area contributed by atoms with Crippen molar-refractivity contribution in [3.8, 4) is 11.5 Å². The molecule has 0 bridgehead atoms. The van der Waals surface area contributed by atoms with Crippen LogP contribution in [0.15, 0.2) is 42.5 Å². The van der Waals surface area contributed by atoms with Gasteiger partial charge in [-0.05, 0) is 49.2 Å². The Hall–Kier alpha value is -2.21. The van der Waals surface area contributed by atoms with Crippen LogP contribution in [0.5, 0.6) is 11.5 Å². The molecule has 0 radical (unpaired) electrons. The van der Waals surface area contributed by atoms with Crippen molar-refractivity contribution in [2.45, 2.75) is 37.6 Å². The van der Waals surface area contributed by atoms with Crippen molar-refractivity contribution in [2.75, 3.05) is 13.2 Å². The summed E-state index contributed by atoms with van der Waals surface area (Å²) in [5.74, 6) is 1.80. The van der Waals surface area contributed by atoms with Gasteiger partial charge in [0.15, 0.2) is 0 Å². The summed E-state index contributed by atoms with van der Waals surface area (Å²) in [6.07, 6.45) is -3.28. The van der Waals surface area contributed by atoms with Gasteiger partial charge in [0.1, 0.15) is 24.7 Å². The molecule has 4 rings (SSSR count). The predicted molar refractivity (Wildman–Crippen MR) is 91.5 cm³/mol. The molecule has 2 aliphatic rings. The van der Waals surface area contributed by atoms with E-state index in [2.05, 4.69) is 12.2 Å². The molecule has 0 aliphatic carbocycles. The third-order valence-electron chi connectivity index (χ3n) is 5.28. The maximum Gasteiger partial charge on any atom is 0.416 e. The van der Waals surface area contributed by atoms with Crippen molar-refractivity contribution in [1.82, 2.24) is 5.32 Å². The first-order valence-corrected chi connectivity index (χ1v) is 8.66. The van der Waals surface area contributed by atoms with Gasteiger partial charge in [0.25, 0.3) is 0 Å². The Kier molecular flexibility index (Phi) is 4.10. The summed E-state index contributed by atoms with van der Waals surface area (Å²) in [4.78, 5) is 0. The molecule has 0 aromatic heterocycles. The summed E-state index contributed by atoms with van der Waals surface area (Å²) in [6.45, 7) is 3.82. The molecule has 0 spiro atoms. The van der Waals surface area contributed by atoms with Crippen LogP contribution in [0.2, 0.25) is 0 Å². The van der Waals surface area contributed by atoms with Crippen LogP contribution in [-0.4, -0.2) is 18.7 Å². The average Bonchev–Trinajstić information content (AvgIpc) is 3.01. The van der Waals surface area contributed by atoms with Gasteiger partial charge in [0.2, 0.25) is 0 Å². The maximum atomic E-state index is 12.8. The number of benzene rings is 2. The Morgan fingerprint density at radius 1 is 1.23 bits per heavy atom. The zero-order valence-corrected chi connectivity index (χ0v) is 14.4. The number of fused-ring (bicyclic) bond motifs is 3. The van der Waals surface area contributed by atoms with E-state index in [0.29, 0.717) is 23.8 Å². The maximum absolute atomic E-state index is 12.8. The largest absolute Gasteiger partial charge is 0.491 e. The summed E-state index contributed by atoms with van der Waals surface area (Å²) in [5.41, 5.74) is 0.939. The molecule has 1 fully saturated rings. The number of halogens is 3. The molecule has 2 aromatic carbocycles. The number of hydrogen-bond acceptors (Lipinski definition) is 3. The first-order chi connectivity index (χ1) is 12.4. The molecule has 26 heavy (non-hydrogen) atoms. The monoisotopic (exact) mass is 363 g/mol. The van der Waals surface area contributed by atoms with E-state index in [1.54, 1.807) is 6.07 Å². The third kappa shape index (κ3) is 3.14. The van der Waals surface area contributed by atoms with Crippen LogP contribution in [0.4, 0.5) is 13.2 Å². The molecular formula is C20H20F3NO2. The summed E-state index contributed by atoms with van der Waals surface area (Å²) < 4.78 is 50.0. The zero-order valence-electron chi connectivity index (χ0n) is 14.4. The van der Waals surface area contributed by atoms with E-state index in [-0.39, 0.29) is 12.1 Å². The van der Waals surface area contributed by atoms with Crippen LogP contribution in [0.3, 0.4) is 0 Å². The Morgan fingerprint density at radius 2 is 2.08 bits per heavy atom. The van der Waals surface area contributed by atoms with Crippen molar-refractivity contribution in [1.29, 1.82) is 0 Å². The Labute approximate surface area is 150 Å². The lowest BCUT2D eigenvalue weighted by Gasteiger charge is -2.37. The fourth-order valence-electron chi connectivity index (χ4n) is 3.84. The van der Waals surface area contributed by atoms with Gasteiger partial charge in [-0.15, -0.1) is 0 Å². The third-order valence-corrected chi connectivity index (χ3v) is 5.28. The minimum atomic E-state index is -4.35. The fraction of sp³-hybridized carbons (Fsp3) is 0.400. The van der Waals surface area contributed by atoms with E-state index < -0.39 is 11.7 Å². The molecule has 1 saturated heterocycles. The second-order valence-corrected chi connectivity index (χ2v) is 7.16. The minimum absolute atomic E-state index is 0.0343. The minimum Gasteiger partial charge on any atom is -0.491 e. The Bertz CT molecular complexity index is 821. The molecule has 3 nitrogen and oxygen atoms in total. The summed E-state index contributed by atoms with van der Waals surface area (Å²) in [5, 5.41) is 3.51. The quantitative estimate of drug-likeness (QED) is 0.870. The van der Waals surface area contributed by atoms with Gasteiger partial charge in [-0.3, -0.25) is 0 Å². The highest BCUT2D eigenvalue weighted by atomic mass is 19.4. The van der Waals surface area contributed by atoms with E-state index in [0.717, 1.165) is 36.4 Å². The highest BCUT2D eigenvalue weighted by Crippen LogP contribution is 2.45. The van der Waals surface area contributed by atoms with E-state index >= 15 is 0 Å². The van der Waals surface area contributed by atoms with Crippen LogP contribution in [-0.2, 0) is 12.8 Å². The normalized spacial score (nSPS) is 24.5. The van der Waals surface area contributed by atoms with Gasteiger partial charge < -0.3 is 14.8 Å². The van der Waals surface area contributed by atoms with Crippen LogP contribution in [0.25, 0.3) is 0 Å². The van der Waals surface area contributed by atoms with Gasteiger partial charge in [0.05, 0.1) is 11.1 Å². The summed E-state index contributed by atoms with van der Waals surface area (Å²) in [6, 6.07) is 10.9. The van der Waals surface area contributed by atoms with Crippen LogP contribution < -0.4 is 14.8 Å². The molecule has 2 aromatic rings. The molecule has 2 atom stereocenters. The van der Waals surface area contributed by atoms with E-state index in [1.807, 2.05) is 18.2 Å². The zero-order chi connectivity index (χ0) is 18.4. The lowest BCUT2D eigenvalue weighted by molar-refractivity contribution is -0.137. The van der Waals surface area contributed by atoms with Gasteiger partial charge >= 0.3 is 6.18 Å². The SMILES string of the molecule is C[C@@]12COc3cc(OCc4cccc(C(F)(F)F)c4)ccc3[C@@H]1CCN2. The van der Waals surface area contributed by atoms with Crippen molar-refractivity contribution in [2.24, 2.45) is 0 Å². The van der Waals surface area contributed by atoms with Gasteiger partial charge in [-0.1, -0.05) is 18.2 Å². The van der Waals surface area contributed by atoms with E-state index in [1.165, 1.54) is 6.07 Å². The predicted octanol–water partition coefficient (Wildman–Crippen LogP) is 4.51. The number of ether oxygens (including phenoxy) is 2. The van der Waals surface area contributed by atoms with Crippen molar-refractivity contribution >= 4 is 0 Å². The number of rotatable bonds is 3. The highest BCUT2D eigenvalue weighted by Gasteiger charge is 2.44.